The molecule has 176 valence electrons. The number of phenolic OH excluding ortho intramolecular Hbond substituents is 1. The molecule has 1 saturated carbocycles. The van der Waals surface area contributed by atoms with Crippen LogP contribution in [0.25, 0.3) is 22.4 Å². The Balaban J connectivity index is 1.52. The Morgan fingerprint density at radius 1 is 1.15 bits per heavy atom. The second kappa shape index (κ2) is 9.78. The first-order chi connectivity index (χ1) is 15.9. The molecule has 2 N–H and O–H groups in total. The highest BCUT2D eigenvalue weighted by molar-refractivity contribution is 5.74. The van der Waals surface area contributed by atoms with E-state index < -0.39 is 12.7 Å². The van der Waals surface area contributed by atoms with Crippen molar-refractivity contribution in [1.29, 1.82) is 0 Å². The summed E-state index contributed by atoms with van der Waals surface area (Å²) in [6.07, 6.45) is 4.59. The number of halogens is 3. The third kappa shape index (κ3) is 4.95. The van der Waals surface area contributed by atoms with Gasteiger partial charge < -0.3 is 15.3 Å². The molecule has 0 saturated heterocycles. The molecule has 0 aliphatic heterocycles. The van der Waals surface area contributed by atoms with E-state index in [4.69, 9.17) is 0 Å². The van der Waals surface area contributed by atoms with Crippen molar-refractivity contribution < 1.29 is 18.3 Å². The minimum Gasteiger partial charge on any atom is -0.507 e. The maximum absolute atomic E-state index is 14.8. The molecule has 2 heterocycles. The molecule has 2 aromatic heterocycles. The Hall–Kier alpha value is -3.14. The summed E-state index contributed by atoms with van der Waals surface area (Å²) in [6.45, 7) is -2.73. The van der Waals surface area contributed by atoms with E-state index in [0.717, 1.165) is 12.8 Å². The molecule has 0 amide bonds. The quantitative estimate of drug-likeness (QED) is 0.531. The molecule has 1 aromatic carbocycles. The maximum Gasteiger partial charge on any atom is 0.333 e. The molecule has 3 aromatic rings. The van der Waals surface area contributed by atoms with Crippen LogP contribution in [-0.4, -0.2) is 57.4 Å². The molecule has 33 heavy (non-hydrogen) atoms. The molecule has 1 aliphatic carbocycles. The molecule has 1 aliphatic rings. The molecule has 0 radical (unpaired) electrons. The Morgan fingerprint density at radius 2 is 1.97 bits per heavy atom. The molecule has 3 atom stereocenters. The zero-order chi connectivity index (χ0) is 23.5. The Kier molecular flexibility index (Phi) is 6.83. The van der Waals surface area contributed by atoms with Crippen LogP contribution in [0.15, 0.2) is 42.7 Å². The van der Waals surface area contributed by atoms with E-state index in [1.807, 2.05) is 19.0 Å². The van der Waals surface area contributed by atoms with Crippen LogP contribution in [0.1, 0.15) is 32.2 Å². The van der Waals surface area contributed by atoms with Gasteiger partial charge in [-0.3, -0.25) is 0 Å². The van der Waals surface area contributed by atoms with Crippen LogP contribution in [0.2, 0.25) is 0 Å². The summed E-state index contributed by atoms with van der Waals surface area (Å²) in [5.41, 5.74) is 1.91. The van der Waals surface area contributed by atoms with Crippen LogP contribution in [-0.2, 0) is 0 Å². The molecular formula is C23H27F3N6O. The smallest absolute Gasteiger partial charge is 0.333 e. The number of nitrogens with zero attached hydrogens (tertiary/aromatic N) is 5. The number of phenols is 1. The minimum atomic E-state index is -2.73. The average molecular weight is 461 g/mol. The van der Waals surface area contributed by atoms with Gasteiger partial charge in [-0.1, -0.05) is 6.07 Å². The summed E-state index contributed by atoms with van der Waals surface area (Å²) >= 11 is 0. The van der Waals surface area contributed by atoms with Crippen molar-refractivity contribution in [2.45, 2.75) is 50.5 Å². The summed E-state index contributed by atoms with van der Waals surface area (Å²) in [4.78, 5) is 1.83. The molecule has 0 spiro atoms. The molecule has 7 nitrogen and oxygen atoms in total. The number of rotatable bonds is 6. The largest absolute Gasteiger partial charge is 0.507 e. The fraction of sp³-hybridized carbons (Fsp3) is 0.435. The van der Waals surface area contributed by atoms with Crippen LogP contribution < -0.4 is 10.2 Å². The van der Waals surface area contributed by atoms with Gasteiger partial charge in [-0.2, -0.15) is 13.9 Å². The van der Waals surface area contributed by atoms with Crippen molar-refractivity contribution >= 4 is 5.82 Å². The van der Waals surface area contributed by atoms with Crippen molar-refractivity contribution in [3.8, 4) is 28.1 Å². The van der Waals surface area contributed by atoms with E-state index in [-0.39, 0.29) is 17.8 Å². The molecule has 1 fully saturated rings. The summed E-state index contributed by atoms with van der Waals surface area (Å²) in [6, 6.07) is 8.26. The average Bonchev–Trinajstić information content (AvgIpc) is 3.24. The standard InChI is InChI=1S/C23H27F3N6O/c1-27-16-4-3-5-18(24)20(11-16)31(2)22-9-8-19(29-30-22)17-7-6-14(10-21(17)33)15-12-28-32(13-15)23(25)26/h6-10,12-13,16,18,20,23,27,33H,3-5,11H2,1-2H3/t16-,18+,20-/m0/s1. The molecular weight excluding hydrogens is 433 g/mol. The second-order valence-corrected chi connectivity index (χ2v) is 8.34. The first-order valence-corrected chi connectivity index (χ1v) is 10.9. The van der Waals surface area contributed by atoms with Crippen molar-refractivity contribution in [3.63, 3.8) is 0 Å². The molecule has 10 heteroatoms. The van der Waals surface area contributed by atoms with Gasteiger partial charge in [-0.25, -0.2) is 9.07 Å². The first kappa shape index (κ1) is 23.0. The highest BCUT2D eigenvalue weighted by Gasteiger charge is 2.31. The number of aromatic hydroxyl groups is 1. The summed E-state index contributed by atoms with van der Waals surface area (Å²) in [5.74, 6) is 0.496. The normalized spacial score (nSPS) is 21.2. The van der Waals surface area contributed by atoms with Gasteiger partial charge in [0, 0.05) is 30.4 Å². The number of nitrogens with one attached hydrogen (secondary N) is 1. The molecule has 0 unspecified atom stereocenters. The number of hydrogen-bond donors (Lipinski definition) is 2. The number of hydrogen-bond acceptors (Lipinski definition) is 6. The predicted molar refractivity (Wildman–Crippen MR) is 120 cm³/mol. The lowest BCUT2D eigenvalue weighted by molar-refractivity contribution is 0.0566. The van der Waals surface area contributed by atoms with Crippen LogP contribution in [0.3, 0.4) is 0 Å². The van der Waals surface area contributed by atoms with E-state index in [9.17, 15) is 18.3 Å². The summed E-state index contributed by atoms with van der Waals surface area (Å²) in [7, 11) is 3.72. The Morgan fingerprint density at radius 3 is 2.61 bits per heavy atom. The minimum absolute atomic E-state index is 0.0582. The molecule has 0 bridgehead atoms. The van der Waals surface area contributed by atoms with Crippen molar-refractivity contribution in [2.24, 2.45) is 0 Å². The highest BCUT2D eigenvalue weighted by Crippen LogP contribution is 2.33. The van der Waals surface area contributed by atoms with E-state index in [1.165, 1.54) is 18.5 Å². The van der Waals surface area contributed by atoms with Crippen molar-refractivity contribution in [3.05, 3.63) is 42.7 Å². The van der Waals surface area contributed by atoms with E-state index in [1.54, 1.807) is 24.3 Å². The number of benzene rings is 1. The Bertz CT molecular complexity index is 1070. The van der Waals surface area contributed by atoms with Crippen LogP contribution in [0.5, 0.6) is 5.75 Å². The summed E-state index contributed by atoms with van der Waals surface area (Å²) in [5, 5.41) is 25.9. The van der Waals surface area contributed by atoms with Gasteiger partial charge >= 0.3 is 6.55 Å². The van der Waals surface area contributed by atoms with Gasteiger partial charge in [0.1, 0.15) is 11.9 Å². The third-order valence-electron chi connectivity index (χ3n) is 6.30. The van der Waals surface area contributed by atoms with Gasteiger partial charge in [0.05, 0.1) is 17.9 Å². The predicted octanol–water partition coefficient (Wildman–Crippen LogP) is 4.41. The zero-order valence-corrected chi connectivity index (χ0v) is 18.5. The van der Waals surface area contributed by atoms with Gasteiger partial charge in [-0.15, -0.1) is 10.2 Å². The van der Waals surface area contributed by atoms with E-state index in [2.05, 4.69) is 20.6 Å². The number of alkyl halides is 3. The van der Waals surface area contributed by atoms with Gasteiger partial charge in [-0.05, 0) is 62.6 Å². The second-order valence-electron chi connectivity index (χ2n) is 8.34. The third-order valence-corrected chi connectivity index (χ3v) is 6.30. The van der Waals surface area contributed by atoms with Crippen LogP contribution in [0, 0.1) is 0 Å². The lowest BCUT2D eigenvalue weighted by Crippen LogP contribution is -2.43. The maximum atomic E-state index is 14.8. The fourth-order valence-electron chi connectivity index (χ4n) is 4.32. The van der Waals surface area contributed by atoms with Gasteiger partial charge in [0.15, 0.2) is 5.82 Å². The van der Waals surface area contributed by atoms with Crippen LogP contribution in [0.4, 0.5) is 19.0 Å². The SMILES string of the molecule is CN[C@H]1CCC[C@@H](F)[C@@H](N(C)c2ccc(-c3ccc(-c4cnn(C(F)F)c4)cc3O)nn2)C1. The molecule has 4 rings (SSSR count). The number of aromatic nitrogens is 4. The van der Waals surface area contributed by atoms with Crippen LogP contribution >= 0.6 is 0 Å². The lowest BCUT2D eigenvalue weighted by Gasteiger charge is -2.31. The first-order valence-electron chi connectivity index (χ1n) is 10.9. The lowest BCUT2D eigenvalue weighted by atomic mass is 10.0. The number of anilines is 1. The van der Waals surface area contributed by atoms with Gasteiger partial charge in [0.2, 0.25) is 0 Å². The summed E-state index contributed by atoms with van der Waals surface area (Å²) < 4.78 is 40.8. The highest BCUT2D eigenvalue weighted by atomic mass is 19.3. The monoisotopic (exact) mass is 460 g/mol. The Labute approximate surface area is 190 Å². The zero-order valence-electron chi connectivity index (χ0n) is 18.5. The van der Waals surface area contributed by atoms with E-state index in [0.29, 0.717) is 45.7 Å². The fourth-order valence-corrected chi connectivity index (χ4v) is 4.32. The van der Waals surface area contributed by atoms with Crippen molar-refractivity contribution in [2.75, 3.05) is 19.0 Å². The topological polar surface area (TPSA) is 79.1 Å². The van der Waals surface area contributed by atoms with Crippen molar-refractivity contribution in [1.82, 2.24) is 25.3 Å². The van der Waals surface area contributed by atoms with E-state index >= 15 is 0 Å². The van der Waals surface area contributed by atoms with Gasteiger partial charge in [0.25, 0.3) is 0 Å².